The summed E-state index contributed by atoms with van der Waals surface area (Å²) in [4.78, 5) is 24.5. The normalized spacial score (nSPS) is 11.5. The zero-order valence-corrected chi connectivity index (χ0v) is 16.8. The minimum Gasteiger partial charge on any atom is -0.492 e. The lowest BCUT2D eigenvalue weighted by Gasteiger charge is -2.14. The van der Waals surface area contributed by atoms with Gasteiger partial charge in [-0.3, -0.25) is 9.59 Å². The summed E-state index contributed by atoms with van der Waals surface area (Å²) in [6.45, 7) is 6.30. The highest BCUT2D eigenvalue weighted by Crippen LogP contribution is 2.24. The molecule has 6 heteroatoms. The first-order valence-corrected chi connectivity index (χ1v) is 10.1. The number of rotatable bonds is 9. The summed E-state index contributed by atoms with van der Waals surface area (Å²) in [5.41, 5.74) is 2.62. The highest BCUT2D eigenvalue weighted by molar-refractivity contribution is 8.01. The van der Waals surface area contributed by atoms with Gasteiger partial charge in [0, 0.05) is 5.69 Å². The van der Waals surface area contributed by atoms with E-state index in [-0.39, 0.29) is 22.8 Å². The Morgan fingerprint density at radius 2 is 1.74 bits per heavy atom. The van der Waals surface area contributed by atoms with Crippen molar-refractivity contribution in [2.24, 2.45) is 0 Å². The maximum atomic E-state index is 12.3. The van der Waals surface area contributed by atoms with Gasteiger partial charge in [-0.2, -0.15) is 0 Å². The predicted molar refractivity (Wildman–Crippen MR) is 113 cm³/mol. The molecule has 0 aliphatic rings. The van der Waals surface area contributed by atoms with Gasteiger partial charge in [0.15, 0.2) is 0 Å². The molecule has 0 saturated carbocycles. The molecule has 5 nitrogen and oxygen atoms in total. The summed E-state index contributed by atoms with van der Waals surface area (Å²) in [6.07, 6.45) is 0.960. The standard InChI is InChI=1S/C21H26N2O3S/c1-4-16-10-12-17(13-11-16)22-21(25)15(3)27-14-20(24)23-18-8-6-7-9-19(18)26-5-2/h6-13,15H,4-5,14H2,1-3H3,(H,22,25)(H,23,24). The number of ether oxygens (including phenoxy) is 1. The van der Waals surface area contributed by atoms with Crippen LogP contribution in [0.15, 0.2) is 48.5 Å². The number of hydrogen-bond acceptors (Lipinski definition) is 4. The topological polar surface area (TPSA) is 67.4 Å². The van der Waals surface area contributed by atoms with Crippen molar-refractivity contribution in [3.8, 4) is 5.75 Å². The molecule has 2 rings (SSSR count). The molecule has 0 aliphatic carbocycles. The van der Waals surface area contributed by atoms with E-state index in [1.165, 1.54) is 17.3 Å². The molecule has 1 unspecified atom stereocenters. The molecule has 0 saturated heterocycles. The Bertz CT molecular complexity index is 762. The molecule has 2 amide bonds. The quantitative estimate of drug-likeness (QED) is 0.672. The molecule has 2 aromatic rings. The summed E-state index contributed by atoms with van der Waals surface area (Å²) < 4.78 is 5.50. The molecule has 0 heterocycles. The van der Waals surface area contributed by atoms with Gasteiger partial charge in [0.1, 0.15) is 5.75 Å². The van der Waals surface area contributed by atoms with Crippen LogP contribution >= 0.6 is 11.8 Å². The van der Waals surface area contributed by atoms with Crippen molar-refractivity contribution in [3.05, 3.63) is 54.1 Å². The minimum absolute atomic E-state index is 0.119. The van der Waals surface area contributed by atoms with E-state index in [2.05, 4.69) is 17.6 Å². The first-order chi connectivity index (χ1) is 13.0. The lowest BCUT2D eigenvalue weighted by Crippen LogP contribution is -2.25. The SMILES string of the molecule is CCOc1ccccc1NC(=O)CSC(C)C(=O)Nc1ccc(CC)cc1. The molecular formula is C21H26N2O3S. The van der Waals surface area contributed by atoms with E-state index < -0.39 is 0 Å². The number of benzene rings is 2. The fraction of sp³-hybridized carbons (Fsp3) is 0.333. The van der Waals surface area contributed by atoms with Crippen LogP contribution < -0.4 is 15.4 Å². The Labute approximate surface area is 164 Å². The van der Waals surface area contributed by atoms with Gasteiger partial charge < -0.3 is 15.4 Å². The molecule has 0 bridgehead atoms. The first-order valence-electron chi connectivity index (χ1n) is 9.06. The number of para-hydroxylation sites is 2. The van der Waals surface area contributed by atoms with Crippen LogP contribution in [0.2, 0.25) is 0 Å². The van der Waals surface area contributed by atoms with Crippen LogP contribution in [0.3, 0.4) is 0 Å². The third kappa shape index (κ3) is 6.64. The van der Waals surface area contributed by atoms with Crippen molar-refractivity contribution >= 4 is 35.0 Å². The summed E-state index contributed by atoms with van der Waals surface area (Å²) in [5.74, 6) is 0.537. The average Bonchev–Trinajstić information content (AvgIpc) is 2.68. The third-order valence-electron chi connectivity index (χ3n) is 3.92. The van der Waals surface area contributed by atoms with Gasteiger partial charge in [-0.1, -0.05) is 31.2 Å². The number of hydrogen-bond donors (Lipinski definition) is 2. The Balaban J connectivity index is 1.82. The van der Waals surface area contributed by atoms with Crippen LogP contribution in [0.1, 0.15) is 26.3 Å². The van der Waals surface area contributed by atoms with Gasteiger partial charge >= 0.3 is 0 Å². The lowest BCUT2D eigenvalue weighted by atomic mass is 10.1. The molecule has 2 N–H and O–H groups in total. The number of amides is 2. The van der Waals surface area contributed by atoms with Gasteiger partial charge in [-0.25, -0.2) is 0 Å². The Kier molecular flexibility index (Phi) is 8.20. The van der Waals surface area contributed by atoms with Crippen molar-refractivity contribution in [1.29, 1.82) is 0 Å². The maximum absolute atomic E-state index is 12.3. The van der Waals surface area contributed by atoms with Gasteiger partial charge in [0.2, 0.25) is 11.8 Å². The fourth-order valence-electron chi connectivity index (χ4n) is 2.38. The van der Waals surface area contributed by atoms with Gasteiger partial charge in [-0.15, -0.1) is 11.8 Å². The van der Waals surface area contributed by atoms with E-state index in [9.17, 15) is 9.59 Å². The molecule has 0 spiro atoms. The number of aryl methyl sites for hydroxylation is 1. The van der Waals surface area contributed by atoms with Crippen molar-refractivity contribution < 1.29 is 14.3 Å². The highest BCUT2D eigenvalue weighted by atomic mass is 32.2. The van der Waals surface area contributed by atoms with Crippen molar-refractivity contribution in [1.82, 2.24) is 0 Å². The van der Waals surface area contributed by atoms with Crippen LogP contribution in [-0.2, 0) is 16.0 Å². The zero-order valence-electron chi connectivity index (χ0n) is 16.0. The molecule has 0 aromatic heterocycles. The molecule has 0 radical (unpaired) electrons. The van der Waals surface area contributed by atoms with Gasteiger partial charge in [0.05, 0.1) is 23.3 Å². The van der Waals surface area contributed by atoms with Gasteiger partial charge in [-0.05, 0) is 50.1 Å². The zero-order chi connectivity index (χ0) is 19.6. The highest BCUT2D eigenvalue weighted by Gasteiger charge is 2.16. The molecule has 27 heavy (non-hydrogen) atoms. The van der Waals surface area contributed by atoms with Crippen LogP contribution in [0, 0.1) is 0 Å². The Hall–Kier alpha value is -2.47. The fourth-order valence-corrected chi connectivity index (χ4v) is 3.07. The summed E-state index contributed by atoms with van der Waals surface area (Å²) in [5, 5.41) is 5.37. The largest absolute Gasteiger partial charge is 0.492 e. The second kappa shape index (κ2) is 10.6. The van der Waals surface area contributed by atoms with E-state index >= 15 is 0 Å². The summed E-state index contributed by atoms with van der Waals surface area (Å²) in [6, 6.07) is 15.1. The van der Waals surface area contributed by atoms with Crippen LogP contribution in [0.5, 0.6) is 5.75 Å². The lowest BCUT2D eigenvalue weighted by molar-refractivity contribution is -0.115. The van der Waals surface area contributed by atoms with Gasteiger partial charge in [0.25, 0.3) is 0 Å². The van der Waals surface area contributed by atoms with Crippen molar-refractivity contribution in [2.75, 3.05) is 23.0 Å². The van der Waals surface area contributed by atoms with Crippen molar-refractivity contribution in [3.63, 3.8) is 0 Å². The molecule has 0 aliphatic heterocycles. The van der Waals surface area contributed by atoms with E-state index in [1.54, 1.807) is 13.0 Å². The second-order valence-electron chi connectivity index (χ2n) is 5.97. The smallest absolute Gasteiger partial charge is 0.237 e. The van der Waals surface area contributed by atoms with E-state index in [0.29, 0.717) is 18.0 Å². The average molecular weight is 387 g/mol. The maximum Gasteiger partial charge on any atom is 0.237 e. The number of carbonyl (C=O) groups excluding carboxylic acids is 2. The summed E-state index contributed by atoms with van der Waals surface area (Å²) in [7, 11) is 0. The number of nitrogens with one attached hydrogen (secondary N) is 2. The number of thioether (sulfide) groups is 1. The molecular weight excluding hydrogens is 360 g/mol. The molecule has 144 valence electrons. The number of carbonyl (C=O) groups is 2. The number of anilines is 2. The first kappa shape index (κ1) is 20.8. The monoisotopic (exact) mass is 386 g/mol. The van der Waals surface area contributed by atoms with Crippen LogP contribution in [-0.4, -0.2) is 29.4 Å². The molecule has 1 atom stereocenters. The van der Waals surface area contributed by atoms with Crippen LogP contribution in [0.4, 0.5) is 11.4 Å². The van der Waals surface area contributed by atoms with E-state index in [1.807, 2.05) is 49.4 Å². The predicted octanol–water partition coefficient (Wildman–Crippen LogP) is 4.35. The summed E-state index contributed by atoms with van der Waals surface area (Å²) >= 11 is 1.29. The Morgan fingerprint density at radius 1 is 1.04 bits per heavy atom. The van der Waals surface area contributed by atoms with Crippen LogP contribution in [0.25, 0.3) is 0 Å². The Morgan fingerprint density at radius 3 is 2.41 bits per heavy atom. The minimum atomic E-state index is -0.344. The third-order valence-corrected chi connectivity index (χ3v) is 5.07. The second-order valence-corrected chi connectivity index (χ2v) is 7.30. The van der Waals surface area contributed by atoms with Crippen molar-refractivity contribution in [2.45, 2.75) is 32.4 Å². The van der Waals surface area contributed by atoms with E-state index in [0.717, 1.165) is 12.1 Å². The van der Waals surface area contributed by atoms with E-state index in [4.69, 9.17) is 4.74 Å². The molecule has 0 fully saturated rings. The molecule has 2 aromatic carbocycles.